The Morgan fingerprint density at radius 1 is 1.11 bits per heavy atom. The second kappa shape index (κ2) is 8.97. The summed E-state index contributed by atoms with van der Waals surface area (Å²) >= 11 is 4.76. The normalized spacial score (nSPS) is 12.4. The first kappa shape index (κ1) is 20.0. The van der Waals surface area contributed by atoms with Crippen LogP contribution >= 0.6 is 27.3 Å². The molecule has 27 heavy (non-hydrogen) atoms. The number of thiazole rings is 1. The first-order chi connectivity index (χ1) is 13.0. The summed E-state index contributed by atoms with van der Waals surface area (Å²) in [4.78, 5) is 0.639. The molecule has 0 aliphatic rings. The highest BCUT2D eigenvalue weighted by Crippen LogP contribution is 2.23. The molecule has 0 saturated heterocycles. The molecular formula is C19H19BrN2O3S2. The topological polar surface area (TPSA) is 60.7 Å². The van der Waals surface area contributed by atoms with E-state index < -0.39 is 10.0 Å². The fourth-order valence-corrected chi connectivity index (χ4v) is 5.02. The first-order valence-corrected chi connectivity index (χ1v) is 11.4. The van der Waals surface area contributed by atoms with E-state index in [0.29, 0.717) is 18.0 Å². The Labute approximate surface area is 171 Å². The van der Waals surface area contributed by atoms with Crippen LogP contribution in [-0.2, 0) is 21.3 Å². The Hall–Kier alpha value is -1.74. The van der Waals surface area contributed by atoms with E-state index in [1.807, 2.05) is 34.2 Å². The van der Waals surface area contributed by atoms with Crippen LogP contribution in [0.1, 0.15) is 6.42 Å². The zero-order valence-electron chi connectivity index (χ0n) is 14.7. The van der Waals surface area contributed by atoms with Crippen molar-refractivity contribution in [3.63, 3.8) is 0 Å². The van der Waals surface area contributed by atoms with Gasteiger partial charge < -0.3 is 9.30 Å². The Morgan fingerprint density at radius 3 is 2.48 bits per heavy atom. The van der Waals surface area contributed by atoms with Gasteiger partial charge >= 0.3 is 0 Å². The molecule has 0 aliphatic heterocycles. The fourth-order valence-electron chi connectivity index (χ4n) is 2.59. The van der Waals surface area contributed by atoms with Crippen molar-refractivity contribution in [1.82, 2.24) is 4.57 Å². The monoisotopic (exact) mass is 466 g/mol. The van der Waals surface area contributed by atoms with Gasteiger partial charge in [-0.1, -0.05) is 46.3 Å². The van der Waals surface area contributed by atoms with Gasteiger partial charge in [-0.15, -0.1) is 15.7 Å². The van der Waals surface area contributed by atoms with E-state index in [1.165, 1.54) is 11.3 Å². The lowest BCUT2D eigenvalue weighted by molar-refractivity contribution is 0.190. The number of halogens is 1. The van der Waals surface area contributed by atoms with Crippen LogP contribution < -0.4 is 4.80 Å². The molecule has 0 spiro atoms. The first-order valence-electron chi connectivity index (χ1n) is 8.30. The summed E-state index contributed by atoms with van der Waals surface area (Å²) in [5, 5.41) is 1.94. The summed E-state index contributed by atoms with van der Waals surface area (Å²) < 4.78 is 37.5. The number of aromatic nitrogens is 1. The van der Waals surface area contributed by atoms with Crippen molar-refractivity contribution in [3.8, 4) is 11.3 Å². The lowest BCUT2D eigenvalue weighted by Crippen LogP contribution is -2.19. The van der Waals surface area contributed by atoms with Gasteiger partial charge in [0.05, 0.1) is 10.6 Å². The van der Waals surface area contributed by atoms with Crippen LogP contribution in [0.5, 0.6) is 0 Å². The van der Waals surface area contributed by atoms with Gasteiger partial charge in [0.15, 0.2) is 0 Å². The molecule has 0 aliphatic carbocycles. The van der Waals surface area contributed by atoms with Crippen LogP contribution in [0.15, 0.2) is 73.7 Å². The number of hydrogen-bond donors (Lipinski definition) is 0. The average molecular weight is 467 g/mol. The van der Waals surface area contributed by atoms with Crippen LogP contribution in [0.4, 0.5) is 0 Å². The van der Waals surface area contributed by atoms with Gasteiger partial charge in [-0.05, 0) is 36.2 Å². The second-order valence-corrected chi connectivity index (χ2v) is 9.14. The Bertz CT molecular complexity index is 1060. The summed E-state index contributed by atoms with van der Waals surface area (Å²) in [6.45, 7) is 1.21. The molecular weight excluding hydrogens is 448 g/mol. The molecule has 0 bridgehead atoms. The molecule has 0 atom stereocenters. The van der Waals surface area contributed by atoms with E-state index in [-0.39, 0.29) is 4.90 Å². The Balaban J connectivity index is 2.08. The van der Waals surface area contributed by atoms with E-state index in [4.69, 9.17) is 4.74 Å². The number of methoxy groups -OCH3 is 1. The lowest BCUT2D eigenvalue weighted by Gasteiger charge is -2.09. The van der Waals surface area contributed by atoms with E-state index in [2.05, 4.69) is 20.3 Å². The predicted molar refractivity (Wildman–Crippen MR) is 111 cm³/mol. The van der Waals surface area contributed by atoms with Crippen LogP contribution in [0.2, 0.25) is 0 Å². The minimum Gasteiger partial charge on any atom is -0.385 e. The van der Waals surface area contributed by atoms with Crippen molar-refractivity contribution < 1.29 is 13.2 Å². The minimum absolute atomic E-state index is 0.187. The van der Waals surface area contributed by atoms with Crippen molar-refractivity contribution in [2.75, 3.05) is 13.7 Å². The summed E-state index contributed by atoms with van der Waals surface area (Å²) in [5.41, 5.74) is 1.94. The van der Waals surface area contributed by atoms with E-state index in [1.54, 1.807) is 37.4 Å². The van der Waals surface area contributed by atoms with Gasteiger partial charge in [-0.3, -0.25) is 0 Å². The van der Waals surface area contributed by atoms with Gasteiger partial charge in [-0.2, -0.15) is 8.42 Å². The van der Waals surface area contributed by atoms with Gasteiger partial charge in [0.1, 0.15) is 0 Å². The number of benzene rings is 2. The van der Waals surface area contributed by atoms with E-state index >= 15 is 0 Å². The molecule has 0 fully saturated rings. The molecule has 5 nitrogen and oxygen atoms in total. The third-order valence-corrected chi connectivity index (χ3v) is 6.70. The molecule has 0 unspecified atom stereocenters. The third-order valence-electron chi connectivity index (χ3n) is 3.91. The summed E-state index contributed by atoms with van der Waals surface area (Å²) in [6, 6.07) is 16.2. The molecule has 142 valence electrons. The smallest absolute Gasteiger partial charge is 0.285 e. The third kappa shape index (κ3) is 4.95. The predicted octanol–water partition coefficient (Wildman–Crippen LogP) is 4.31. The van der Waals surface area contributed by atoms with Gasteiger partial charge in [0.2, 0.25) is 4.80 Å². The van der Waals surface area contributed by atoms with Gasteiger partial charge in [0, 0.05) is 30.1 Å². The number of rotatable bonds is 7. The number of ether oxygens (including phenoxy) is 1. The van der Waals surface area contributed by atoms with E-state index in [9.17, 15) is 8.42 Å². The fraction of sp³-hybridized carbons (Fsp3) is 0.211. The van der Waals surface area contributed by atoms with Crippen molar-refractivity contribution in [2.24, 2.45) is 4.40 Å². The number of hydrogen-bond acceptors (Lipinski definition) is 4. The maximum Gasteiger partial charge on any atom is 0.285 e. The maximum absolute atomic E-state index is 12.7. The molecule has 2 aromatic carbocycles. The van der Waals surface area contributed by atoms with Crippen LogP contribution in [0.3, 0.4) is 0 Å². The summed E-state index contributed by atoms with van der Waals surface area (Å²) in [5.74, 6) is 0. The minimum atomic E-state index is -3.77. The maximum atomic E-state index is 12.7. The Morgan fingerprint density at radius 2 is 1.81 bits per heavy atom. The molecule has 0 N–H and O–H groups in total. The van der Waals surface area contributed by atoms with Crippen LogP contribution in [-0.4, -0.2) is 26.7 Å². The molecule has 0 amide bonds. The van der Waals surface area contributed by atoms with Crippen LogP contribution in [0.25, 0.3) is 11.3 Å². The summed E-state index contributed by atoms with van der Waals surface area (Å²) in [6.07, 6.45) is 0.759. The molecule has 3 rings (SSSR count). The zero-order chi connectivity index (χ0) is 19.3. The molecule has 1 heterocycles. The lowest BCUT2D eigenvalue weighted by atomic mass is 10.2. The van der Waals surface area contributed by atoms with Crippen molar-refractivity contribution in [3.05, 3.63) is 69.3 Å². The summed E-state index contributed by atoms with van der Waals surface area (Å²) in [7, 11) is -2.11. The highest BCUT2D eigenvalue weighted by Gasteiger charge is 2.14. The van der Waals surface area contributed by atoms with Gasteiger partial charge in [0.25, 0.3) is 10.0 Å². The molecule has 0 radical (unpaired) electrons. The second-order valence-electron chi connectivity index (χ2n) is 5.79. The van der Waals surface area contributed by atoms with Gasteiger partial charge in [-0.25, -0.2) is 0 Å². The van der Waals surface area contributed by atoms with Crippen LogP contribution in [0, 0.1) is 0 Å². The van der Waals surface area contributed by atoms with E-state index in [0.717, 1.165) is 22.2 Å². The largest absolute Gasteiger partial charge is 0.385 e. The highest BCUT2D eigenvalue weighted by atomic mass is 79.9. The highest BCUT2D eigenvalue weighted by molar-refractivity contribution is 9.10. The molecule has 3 aromatic rings. The zero-order valence-corrected chi connectivity index (χ0v) is 17.9. The van der Waals surface area contributed by atoms with Crippen molar-refractivity contribution in [1.29, 1.82) is 0 Å². The molecule has 0 saturated carbocycles. The van der Waals surface area contributed by atoms with Crippen molar-refractivity contribution >= 4 is 37.3 Å². The average Bonchev–Trinajstić information content (AvgIpc) is 3.05. The number of sulfonamides is 1. The molecule has 1 aromatic heterocycles. The number of nitrogens with zero attached hydrogens (tertiary/aromatic N) is 2. The SMILES string of the molecule is COCCCn1c(-c2ccc(Br)cc2)cs/c1=N/S(=O)(=O)c1ccccc1. The van der Waals surface area contributed by atoms with Crippen molar-refractivity contribution in [2.45, 2.75) is 17.9 Å². The standard InChI is InChI=1S/C19H19BrN2O3S2/c1-25-13-5-12-22-18(15-8-10-16(20)11-9-15)14-26-19(22)21-27(23,24)17-6-3-2-4-7-17/h2-4,6-11,14H,5,12-13H2,1H3/b21-19+. The quantitative estimate of drug-likeness (QED) is 0.487. The Kier molecular flexibility index (Phi) is 6.64. The molecule has 8 heteroatoms.